The SMILES string of the molecule is CC.CC(=O)N1CCN(c2ccc(NC(=O)Cc3ccc(C)cc3)nc2)CC1.[HH]. The number of amides is 2. The summed E-state index contributed by atoms with van der Waals surface area (Å²) in [5.41, 5.74) is 3.16. The minimum absolute atomic E-state index is 0. The lowest BCUT2D eigenvalue weighted by molar-refractivity contribution is -0.129. The third-order valence-corrected chi connectivity index (χ3v) is 4.59. The molecule has 0 spiro atoms. The van der Waals surface area contributed by atoms with Crippen molar-refractivity contribution in [1.82, 2.24) is 9.88 Å². The smallest absolute Gasteiger partial charge is 0.229 e. The molecule has 28 heavy (non-hydrogen) atoms. The molecule has 1 saturated heterocycles. The number of anilines is 2. The van der Waals surface area contributed by atoms with Gasteiger partial charge >= 0.3 is 0 Å². The second kappa shape index (κ2) is 10.4. The molecule has 0 aliphatic carbocycles. The van der Waals surface area contributed by atoms with Gasteiger partial charge in [-0.25, -0.2) is 4.98 Å². The molecule has 6 nitrogen and oxygen atoms in total. The Labute approximate surface area is 169 Å². The van der Waals surface area contributed by atoms with E-state index in [4.69, 9.17) is 0 Å². The fourth-order valence-corrected chi connectivity index (χ4v) is 3.00. The van der Waals surface area contributed by atoms with Gasteiger partial charge in [0.1, 0.15) is 5.82 Å². The normalized spacial score (nSPS) is 13.4. The maximum atomic E-state index is 12.2. The molecule has 0 radical (unpaired) electrons. The summed E-state index contributed by atoms with van der Waals surface area (Å²) in [6, 6.07) is 11.7. The molecule has 1 aliphatic rings. The van der Waals surface area contributed by atoms with Crippen molar-refractivity contribution < 1.29 is 11.0 Å². The first kappa shape index (κ1) is 21.4. The maximum Gasteiger partial charge on any atom is 0.229 e. The highest BCUT2D eigenvalue weighted by Gasteiger charge is 2.19. The summed E-state index contributed by atoms with van der Waals surface area (Å²) in [5, 5.41) is 2.84. The Morgan fingerprint density at radius 3 is 2.21 bits per heavy atom. The van der Waals surface area contributed by atoms with Gasteiger partial charge in [-0.05, 0) is 24.6 Å². The van der Waals surface area contributed by atoms with E-state index >= 15 is 0 Å². The molecule has 6 heteroatoms. The molecule has 1 aliphatic heterocycles. The molecular weight excluding hydrogens is 352 g/mol. The van der Waals surface area contributed by atoms with Crippen molar-refractivity contribution in [1.29, 1.82) is 0 Å². The quantitative estimate of drug-likeness (QED) is 0.876. The van der Waals surface area contributed by atoms with Crippen molar-refractivity contribution in [2.45, 2.75) is 34.1 Å². The molecule has 2 amide bonds. The number of pyridine rings is 1. The van der Waals surface area contributed by atoms with E-state index in [9.17, 15) is 9.59 Å². The van der Waals surface area contributed by atoms with Crippen LogP contribution in [0.1, 0.15) is 33.3 Å². The predicted molar refractivity (Wildman–Crippen MR) is 116 cm³/mol. The van der Waals surface area contributed by atoms with Gasteiger partial charge < -0.3 is 15.1 Å². The van der Waals surface area contributed by atoms with Gasteiger partial charge in [0.25, 0.3) is 0 Å². The fourth-order valence-electron chi connectivity index (χ4n) is 3.00. The van der Waals surface area contributed by atoms with Crippen LogP contribution in [0, 0.1) is 6.92 Å². The summed E-state index contributed by atoms with van der Waals surface area (Å²) in [5.74, 6) is 0.590. The minimum atomic E-state index is -0.0795. The second-order valence-corrected chi connectivity index (χ2v) is 6.61. The zero-order chi connectivity index (χ0) is 20.5. The predicted octanol–water partition coefficient (Wildman–Crippen LogP) is 3.51. The zero-order valence-electron chi connectivity index (χ0n) is 17.2. The van der Waals surface area contributed by atoms with E-state index in [-0.39, 0.29) is 13.2 Å². The number of carbonyl (C=O) groups is 2. The Morgan fingerprint density at radius 2 is 1.68 bits per heavy atom. The molecule has 2 aromatic rings. The average Bonchev–Trinajstić information content (AvgIpc) is 2.72. The van der Waals surface area contributed by atoms with Crippen molar-refractivity contribution in [3.63, 3.8) is 0 Å². The van der Waals surface area contributed by atoms with Crippen molar-refractivity contribution in [3.8, 4) is 0 Å². The topological polar surface area (TPSA) is 65.5 Å². The molecule has 1 fully saturated rings. The molecule has 0 bridgehead atoms. The largest absolute Gasteiger partial charge is 0.367 e. The average molecular weight is 385 g/mol. The van der Waals surface area contributed by atoms with Gasteiger partial charge in [0.05, 0.1) is 18.3 Å². The zero-order valence-corrected chi connectivity index (χ0v) is 17.2. The first-order valence-electron chi connectivity index (χ1n) is 9.83. The van der Waals surface area contributed by atoms with E-state index in [0.717, 1.165) is 37.4 Å². The minimum Gasteiger partial charge on any atom is -0.367 e. The Balaban J connectivity index is 0.00000136. The van der Waals surface area contributed by atoms with Crippen molar-refractivity contribution >= 4 is 23.3 Å². The highest BCUT2D eigenvalue weighted by Crippen LogP contribution is 2.17. The van der Waals surface area contributed by atoms with Gasteiger partial charge in [-0.3, -0.25) is 9.59 Å². The Bertz CT molecular complexity index is 770. The van der Waals surface area contributed by atoms with Crippen LogP contribution in [-0.2, 0) is 16.0 Å². The molecule has 0 unspecified atom stereocenters. The standard InChI is InChI=1S/C20H24N4O2.C2H6.H2/c1-15-3-5-17(6-4-15)13-20(26)22-19-8-7-18(14-21-19)24-11-9-23(10-12-24)16(2)25;1-2;/h3-8,14H,9-13H2,1-2H3,(H,21,22,26);1-2H3;1H. The van der Waals surface area contributed by atoms with Gasteiger partial charge in [-0.1, -0.05) is 43.7 Å². The molecular formula is C22H32N4O2. The second-order valence-electron chi connectivity index (χ2n) is 6.61. The van der Waals surface area contributed by atoms with Crippen molar-refractivity contribution in [2.24, 2.45) is 0 Å². The number of piperazine rings is 1. The van der Waals surface area contributed by atoms with Crippen LogP contribution in [0.3, 0.4) is 0 Å². The number of hydrogen-bond donors (Lipinski definition) is 1. The van der Waals surface area contributed by atoms with Crippen LogP contribution in [0.5, 0.6) is 0 Å². The van der Waals surface area contributed by atoms with Gasteiger partial charge in [0.2, 0.25) is 11.8 Å². The number of nitrogens with zero attached hydrogens (tertiary/aromatic N) is 3. The third kappa shape index (κ3) is 6.08. The first-order chi connectivity index (χ1) is 13.5. The molecule has 1 aromatic heterocycles. The van der Waals surface area contributed by atoms with E-state index in [1.165, 1.54) is 5.56 Å². The van der Waals surface area contributed by atoms with E-state index in [1.54, 1.807) is 13.1 Å². The Morgan fingerprint density at radius 1 is 1.04 bits per heavy atom. The van der Waals surface area contributed by atoms with Crippen molar-refractivity contribution in [3.05, 3.63) is 53.7 Å². The van der Waals surface area contributed by atoms with E-state index in [0.29, 0.717) is 12.2 Å². The lowest BCUT2D eigenvalue weighted by Crippen LogP contribution is -2.48. The monoisotopic (exact) mass is 384 g/mol. The summed E-state index contributed by atoms with van der Waals surface area (Å²) in [7, 11) is 0. The summed E-state index contributed by atoms with van der Waals surface area (Å²) in [6.07, 6.45) is 2.10. The highest BCUT2D eigenvalue weighted by molar-refractivity contribution is 5.91. The lowest BCUT2D eigenvalue weighted by Gasteiger charge is -2.35. The van der Waals surface area contributed by atoms with Gasteiger partial charge in [-0.15, -0.1) is 0 Å². The van der Waals surface area contributed by atoms with Crippen LogP contribution < -0.4 is 10.2 Å². The fraction of sp³-hybridized carbons (Fsp3) is 0.409. The van der Waals surface area contributed by atoms with Gasteiger partial charge in [0.15, 0.2) is 0 Å². The van der Waals surface area contributed by atoms with Crippen LogP contribution in [0.2, 0.25) is 0 Å². The van der Waals surface area contributed by atoms with E-state index < -0.39 is 0 Å². The number of aromatic nitrogens is 1. The number of hydrogen-bond acceptors (Lipinski definition) is 4. The summed E-state index contributed by atoms with van der Waals surface area (Å²) in [4.78, 5) is 31.9. The number of carbonyl (C=O) groups excluding carboxylic acids is 2. The van der Waals surface area contributed by atoms with E-state index in [2.05, 4.69) is 15.2 Å². The molecule has 3 rings (SSSR count). The van der Waals surface area contributed by atoms with Crippen LogP contribution in [0.4, 0.5) is 11.5 Å². The molecule has 2 heterocycles. The summed E-state index contributed by atoms with van der Waals surface area (Å²) >= 11 is 0. The van der Waals surface area contributed by atoms with Crippen LogP contribution in [0.15, 0.2) is 42.6 Å². The maximum absolute atomic E-state index is 12.2. The molecule has 152 valence electrons. The summed E-state index contributed by atoms with van der Waals surface area (Å²) < 4.78 is 0. The molecule has 0 atom stereocenters. The van der Waals surface area contributed by atoms with Gasteiger partial charge in [-0.2, -0.15) is 0 Å². The number of nitrogens with one attached hydrogen (secondary N) is 1. The summed E-state index contributed by atoms with van der Waals surface area (Å²) in [6.45, 7) is 10.7. The molecule has 0 saturated carbocycles. The number of rotatable bonds is 4. The molecule has 1 N–H and O–H groups in total. The van der Waals surface area contributed by atoms with Crippen LogP contribution in [-0.4, -0.2) is 47.9 Å². The third-order valence-electron chi connectivity index (χ3n) is 4.59. The van der Waals surface area contributed by atoms with Crippen LogP contribution >= 0.6 is 0 Å². The van der Waals surface area contributed by atoms with E-state index in [1.807, 2.05) is 62.1 Å². The van der Waals surface area contributed by atoms with Crippen LogP contribution in [0.25, 0.3) is 0 Å². The highest BCUT2D eigenvalue weighted by atomic mass is 16.2. The first-order valence-corrected chi connectivity index (χ1v) is 9.83. The lowest BCUT2D eigenvalue weighted by atomic mass is 10.1. The Hall–Kier alpha value is -2.89. The van der Waals surface area contributed by atoms with Crippen molar-refractivity contribution in [2.75, 3.05) is 36.4 Å². The van der Waals surface area contributed by atoms with Gasteiger partial charge in [0, 0.05) is 34.5 Å². The number of benzene rings is 1. The molecule has 1 aromatic carbocycles. The Kier molecular flexibility index (Phi) is 7.99. The number of aryl methyl sites for hydroxylation is 1.